The molecule has 0 spiro atoms. The first kappa shape index (κ1) is 17.4. The van der Waals surface area contributed by atoms with Crippen molar-refractivity contribution >= 4 is 14.3 Å². The number of methoxy groups -OCH3 is 1. The molecule has 2 rings (SSSR count). The van der Waals surface area contributed by atoms with Crippen molar-refractivity contribution in [3.05, 3.63) is 71.8 Å². The molecule has 3 nitrogen and oxygen atoms in total. The highest BCUT2D eigenvalue weighted by molar-refractivity contribution is 6.69. The highest BCUT2D eigenvalue weighted by Gasteiger charge is 2.35. The van der Waals surface area contributed by atoms with Crippen LogP contribution in [0.1, 0.15) is 23.1 Å². The van der Waals surface area contributed by atoms with E-state index in [1.807, 2.05) is 60.7 Å². The van der Waals surface area contributed by atoms with Crippen LogP contribution >= 0.6 is 0 Å². The Hall–Kier alpha value is -1.91. The molecule has 0 aliphatic carbocycles. The number of hydrogen-bond donors (Lipinski definition) is 0. The Balaban J connectivity index is 2.50. The van der Waals surface area contributed by atoms with Crippen LogP contribution in [0.5, 0.6) is 0 Å². The van der Waals surface area contributed by atoms with E-state index in [1.54, 1.807) is 0 Å². The van der Waals surface area contributed by atoms with E-state index >= 15 is 0 Å². The average molecular weight is 328 g/mol. The lowest BCUT2D eigenvalue weighted by Gasteiger charge is -2.32. The zero-order valence-corrected chi connectivity index (χ0v) is 15.2. The monoisotopic (exact) mass is 328 g/mol. The molecule has 0 aromatic heterocycles. The van der Waals surface area contributed by atoms with Crippen LogP contribution in [0, 0.1) is 0 Å². The van der Waals surface area contributed by atoms with Gasteiger partial charge < -0.3 is 9.16 Å². The molecule has 0 N–H and O–H groups in total. The average Bonchev–Trinajstić information content (AvgIpc) is 2.54. The second-order valence-corrected chi connectivity index (χ2v) is 10.9. The smallest absolute Gasteiger partial charge is 0.316 e. The van der Waals surface area contributed by atoms with E-state index in [2.05, 4.69) is 19.6 Å². The number of carbonyl (C=O) groups excluding carboxylic acids is 1. The molecule has 0 radical (unpaired) electrons. The van der Waals surface area contributed by atoms with Crippen molar-refractivity contribution in [3.8, 4) is 0 Å². The first-order valence-corrected chi connectivity index (χ1v) is 11.2. The quantitative estimate of drug-likeness (QED) is 0.577. The molecule has 0 fully saturated rings. The van der Waals surface area contributed by atoms with Crippen molar-refractivity contribution in [2.45, 2.75) is 31.7 Å². The summed E-state index contributed by atoms with van der Waals surface area (Å²) in [6, 6.07) is 19.6. The highest BCUT2D eigenvalue weighted by Crippen LogP contribution is 2.37. The van der Waals surface area contributed by atoms with Gasteiger partial charge in [0.25, 0.3) is 0 Å². The summed E-state index contributed by atoms with van der Waals surface area (Å²) < 4.78 is 11.5. The number of rotatable bonds is 6. The molecule has 0 saturated carbocycles. The third-order valence-electron chi connectivity index (χ3n) is 3.53. The minimum atomic E-state index is -1.87. The topological polar surface area (TPSA) is 35.5 Å². The maximum atomic E-state index is 12.5. The van der Waals surface area contributed by atoms with Gasteiger partial charge >= 0.3 is 5.97 Å². The van der Waals surface area contributed by atoms with Gasteiger partial charge in [-0.15, -0.1) is 0 Å². The SMILES string of the molecule is COC(=O)C(c1ccccc1)C(O[Si](C)(C)C)c1ccccc1. The first-order chi connectivity index (χ1) is 10.9. The summed E-state index contributed by atoms with van der Waals surface area (Å²) in [5.74, 6) is -0.751. The molecule has 2 atom stereocenters. The lowest BCUT2D eigenvalue weighted by atomic mass is 9.89. The largest absolute Gasteiger partial charge is 0.468 e. The molecule has 2 aromatic rings. The van der Waals surface area contributed by atoms with E-state index in [0.717, 1.165) is 11.1 Å². The lowest BCUT2D eigenvalue weighted by molar-refractivity contribution is -0.145. The molecule has 122 valence electrons. The summed E-state index contributed by atoms with van der Waals surface area (Å²) in [5, 5.41) is 0. The van der Waals surface area contributed by atoms with E-state index in [1.165, 1.54) is 7.11 Å². The van der Waals surface area contributed by atoms with Crippen LogP contribution in [0.15, 0.2) is 60.7 Å². The van der Waals surface area contributed by atoms with Crippen molar-refractivity contribution in [1.29, 1.82) is 0 Å². The standard InChI is InChI=1S/C19H24O3Si/c1-21-19(20)17(15-11-7-5-8-12-15)18(22-23(2,3)4)16-13-9-6-10-14-16/h5-14,17-18H,1-4H3. The molecular weight excluding hydrogens is 304 g/mol. The van der Waals surface area contributed by atoms with Crippen molar-refractivity contribution in [3.63, 3.8) is 0 Å². The number of carbonyl (C=O) groups is 1. The fraction of sp³-hybridized carbons (Fsp3) is 0.316. The van der Waals surface area contributed by atoms with Gasteiger partial charge in [0.15, 0.2) is 8.32 Å². The zero-order valence-electron chi connectivity index (χ0n) is 14.2. The third kappa shape index (κ3) is 4.78. The Bertz CT molecular complexity index is 620. The van der Waals surface area contributed by atoms with Crippen molar-refractivity contribution in [1.82, 2.24) is 0 Å². The lowest BCUT2D eigenvalue weighted by Crippen LogP contribution is -2.33. The number of ether oxygens (including phenoxy) is 1. The summed E-state index contributed by atoms with van der Waals surface area (Å²) in [6.45, 7) is 6.38. The van der Waals surface area contributed by atoms with Crippen molar-refractivity contribution < 1.29 is 14.0 Å². The number of esters is 1. The van der Waals surface area contributed by atoms with Crippen LogP contribution < -0.4 is 0 Å². The van der Waals surface area contributed by atoms with Gasteiger partial charge in [-0.1, -0.05) is 60.7 Å². The molecule has 0 aliphatic rings. The maximum Gasteiger partial charge on any atom is 0.316 e. The van der Waals surface area contributed by atoms with Gasteiger partial charge in [-0.05, 0) is 30.8 Å². The molecular formula is C19H24O3Si. The maximum absolute atomic E-state index is 12.5. The van der Waals surface area contributed by atoms with E-state index < -0.39 is 14.2 Å². The third-order valence-corrected chi connectivity index (χ3v) is 4.49. The molecule has 23 heavy (non-hydrogen) atoms. The van der Waals surface area contributed by atoms with Crippen LogP contribution in [0.3, 0.4) is 0 Å². The van der Waals surface area contributed by atoms with Crippen LogP contribution in [0.25, 0.3) is 0 Å². The Morgan fingerprint density at radius 2 is 1.35 bits per heavy atom. The van der Waals surface area contributed by atoms with E-state index in [-0.39, 0.29) is 12.1 Å². The molecule has 2 aromatic carbocycles. The first-order valence-electron chi connectivity index (χ1n) is 7.78. The Labute approximate surface area is 139 Å². The van der Waals surface area contributed by atoms with Gasteiger partial charge in [-0.3, -0.25) is 4.79 Å². The zero-order chi connectivity index (χ0) is 16.9. The molecule has 0 aliphatic heterocycles. The Morgan fingerprint density at radius 1 is 0.870 bits per heavy atom. The molecule has 0 heterocycles. The van der Waals surface area contributed by atoms with Gasteiger partial charge in [0, 0.05) is 0 Å². The minimum absolute atomic E-state index is 0.275. The van der Waals surface area contributed by atoms with Crippen molar-refractivity contribution in [2.75, 3.05) is 7.11 Å². The summed E-state index contributed by atoms with van der Waals surface area (Å²) in [5.41, 5.74) is 1.90. The van der Waals surface area contributed by atoms with Crippen LogP contribution in [0.4, 0.5) is 0 Å². The minimum Gasteiger partial charge on any atom is -0.468 e. The summed E-state index contributed by atoms with van der Waals surface area (Å²) in [4.78, 5) is 12.5. The highest BCUT2D eigenvalue weighted by atomic mass is 28.4. The van der Waals surface area contributed by atoms with Gasteiger partial charge in [0.2, 0.25) is 0 Å². The fourth-order valence-electron chi connectivity index (χ4n) is 2.57. The second kappa shape index (κ2) is 7.57. The van der Waals surface area contributed by atoms with E-state index in [9.17, 15) is 4.79 Å². The summed E-state index contributed by atoms with van der Waals surface area (Å²) in [6.07, 6.45) is -0.349. The Morgan fingerprint density at radius 3 is 1.78 bits per heavy atom. The molecule has 0 amide bonds. The number of benzene rings is 2. The van der Waals surface area contributed by atoms with Crippen LogP contribution in [-0.4, -0.2) is 21.4 Å². The Kier molecular flexibility index (Phi) is 5.74. The molecule has 2 unspecified atom stereocenters. The van der Waals surface area contributed by atoms with Crippen molar-refractivity contribution in [2.24, 2.45) is 0 Å². The van der Waals surface area contributed by atoms with E-state index in [4.69, 9.17) is 9.16 Å². The van der Waals surface area contributed by atoms with Gasteiger partial charge in [0.1, 0.15) is 5.92 Å². The summed E-state index contributed by atoms with van der Waals surface area (Å²) in [7, 11) is -0.440. The predicted molar refractivity (Wildman–Crippen MR) is 94.8 cm³/mol. The number of hydrogen-bond acceptors (Lipinski definition) is 3. The van der Waals surface area contributed by atoms with Gasteiger partial charge in [-0.2, -0.15) is 0 Å². The predicted octanol–water partition coefficient (Wildman–Crippen LogP) is 4.54. The van der Waals surface area contributed by atoms with E-state index in [0.29, 0.717) is 0 Å². The normalized spacial score (nSPS) is 14.1. The van der Waals surface area contributed by atoms with Gasteiger partial charge in [0.05, 0.1) is 13.2 Å². The molecule has 4 heteroatoms. The summed E-state index contributed by atoms with van der Waals surface area (Å²) >= 11 is 0. The van der Waals surface area contributed by atoms with Gasteiger partial charge in [-0.25, -0.2) is 0 Å². The fourth-order valence-corrected chi connectivity index (χ4v) is 3.61. The molecule has 0 bridgehead atoms. The van der Waals surface area contributed by atoms with Crippen LogP contribution in [-0.2, 0) is 14.0 Å². The second-order valence-electron chi connectivity index (χ2n) is 6.47. The van der Waals surface area contributed by atoms with Crippen LogP contribution in [0.2, 0.25) is 19.6 Å². The molecule has 0 saturated heterocycles.